The van der Waals surface area contributed by atoms with Crippen LogP contribution in [0.4, 0.5) is 5.69 Å². The number of para-hydroxylation sites is 1. The van der Waals surface area contributed by atoms with Crippen LogP contribution in [-0.2, 0) is 14.8 Å². The average Bonchev–Trinajstić information content (AvgIpc) is 2.75. The molecular weight excluding hydrogens is 400 g/mol. The van der Waals surface area contributed by atoms with Crippen LogP contribution in [0, 0.1) is 12.8 Å². The molecule has 1 saturated heterocycles. The summed E-state index contributed by atoms with van der Waals surface area (Å²) in [5, 5.41) is 3.11. The summed E-state index contributed by atoms with van der Waals surface area (Å²) < 4.78 is 32.4. The van der Waals surface area contributed by atoms with Crippen molar-refractivity contribution >= 4 is 21.6 Å². The third kappa shape index (κ3) is 4.68. The fraction of sp³-hybridized carbons (Fsp3) is 0.435. The van der Waals surface area contributed by atoms with Gasteiger partial charge in [-0.25, -0.2) is 8.42 Å². The number of amides is 1. The second-order valence-electron chi connectivity index (χ2n) is 8.04. The van der Waals surface area contributed by atoms with Gasteiger partial charge in [-0.1, -0.05) is 32.0 Å². The Labute approximate surface area is 179 Å². The molecule has 0 spiro atoms. The minimum Gasteiger partial charge on any atom is -0.497 e. The molecule has 1 aliphatic rings. The Balaban J connectivity index is 1.66. The summed E-state index contributed by atoms with van der Waals surface area (Å²) in [4.78, 5) is 13.1. The quantitative estimate of drug-likeness (QED) is 0.746. The van der Waals surface area contributed by atoms with Gasteiger partial charge in [0.05, 0.1) is 12.0 Å². The number of nitrogens with one attached hydrogen (secondary N) is 1. The van der Waals surface area contributed by atoms with Gasteiger partial charge in [-0.3, -0.25) is 4.79 Å². The van der Waals surface area contributed by atoms with Gasteiger partial charge >= 0.3 is 0 Å². The van der Waals surface area contributed by atoms with E-state index in [1.807, 2.05) is 25.1 Å². The van der Waals surface area contributed by atoms with E-state index in [0.29, 0.717) is 37.6 Å². The number of carbonyl (C=O) groups excluding carboxylic acids is 1. The Morgan fingerprint density at radius 1 is 1.10 bits per heavy atom. The number of aryl methyl sites for hydroxylation is 1. The molecule has 0 unspecified atom stereocenters. The maximum absolute atomic E-state index is 12.9. The van der Waals surface area contributed by atoms with Gasteiger partial charge in [0.1, 0.15) is 5.75 Å². The fourth-order valence-electron chi connectivity index (χ4n) is 3.82. The molecule has 1 heterocycles. The predicted molar refractivity (Wildman–Crippen MR) is 118 cm³/mol. The maximum Gasteiger partial charge on any atom is 0.243 e. The molecule has 6 nitrogen and oxygen atoms in total. The van der Waals surface area contributed by atoms with E-state index < -0.39 is 10.0 Å². The van der Waals surface area contributed by atoms with Crippen molar-refractivity contribution in [3.8, 4) is 5.75 Å². The van der Waals surface area contributed by atoms with E-state index in [4.69, 9.17) is 4.74 Å². The van der Waals surface area contributed by atoms with Crippen LogP contribution in [0.5, 0.6) is 5.75 Å². The van der Waals surface area contributed by atoms with Gasteiger partial charge in [-0.15, -0.1) is 0 Å². The van der Waals surface area contributed by atoms with E-state index in [9.17, 15) is 13.2 Å². The normalized spacial score (nSPS) is 15.9. The van der Waals surface area contributed by atoms with Crippen molar-refractivity contribution in [2.24, 2.45) is 5.92 Å². The SMILES string of the molecule is COc1ccc(S(=O)(=O)N2CCC(C(=O)Nc3c(C)cccc3C(C)C)CC2)cc1. The molecule has 0 aliphatic carbocycles. The molecule has 0 bridgehead atoms. The maximum atomic E-state index is 12.9. The highest BCUT2D eigenvalue weighted by Gasteiger charge is 2.32. The number of benzene rings is 2. The molecule has 1 aliphatic heterocycles. The molecule has 162 valence electrons. The lowest BCUT2D eigenvalue weighted by Gasteiger charge is -2.31. The van der Waals surface area contributed by atoms with Crippen molar-refractivity contribution in [1.29, 1.82) is 0 Å². The van der Waals surface area contributed by atoms with Crippen LogP contribution in [-0.4, -0.2) is 38.8 Å². The lowest BCUT2D eigenvalue weighted by Crippen LogP contribution is -2.41. The highest BCUT2D eigenvalue weighted by Crippen LogP contribution is 2.30. The first-order valence-corrected chi connectivity index (χ1v) is 11.7. The van der Waals surface area contributed by atoms with E-state index in [1.54, 1.807) is 31.4 Å². The monoisotopic (exact) mass is 430 g/mol. The molecule has 7 heteroatoms. The fourth-order valence-corrected chi connectivity index (χ4v) is 5.29. The Bertz CT molecular complexity index is 992. The van der Waals surface area contributed by atoms with Gasteiger partial charge in [-0.05, 0) is 61.1 Å². The van der Waals surface area contributed by atoms with Crippen LogP contribution < -0.4 is 10.1 Å². The highest BCUT2D eigenvalue weighted by molar-refractivity contribution is 7.89. The summed E-state index contributed by atoms with van der Waals surface area (Å²) in [7, 11) is -2.03. The first-order valence-electron chi connectivity index (χ1n) is 10.3. The summed E-state index contributed by atoms with van der Waals surface area (Å²) in [6.45, 7) is 6.86. The molecule has 1 amide bonds. The second kappa shape index (κ2) is 9.18. The number of carbonyl (C=O) groups is 1. The van der Waals surface area contributed by atoms with E-state index in [2.05, 4.69) is 19.2 Å². The van der Waals surface area contributed by atoms with Crippen molar-refractivity contribution < 1.29 is 17.9 Å². The number of piperidine rings is 1. The van der Waals surface area contributed by atoms with Gasteiger partial charge in [-0.2, -0.15) is 4.31 Å². The smallest absolute Gasteiger partial charge is 0.243 e. The molecule has 0 saturated carbocycles. The molecule has 30 heavy (non-hydrogen) atoms. The molecule has 1 fully saturated rings. The summed E-state index contributed by atoms with van der Waals surface area (Å²) in [6, 6.07) is 12.4. The van der Waals surface area contributed by atoms with E-state index in [-0.39, 0.29) is 16.7 Å². The van der Waals surface area contributed by atoms with Crippen LogP contribution in [0.3, 0.4) is 0 Å². The lowest BCUT2D eigenvalue weighted by atomic mass is 9.95. The van der Waals surface area contributed by atoms with E-state index in [0.717, 1.165) is 16.8 Å². The molecule has 0 aromatic heterocycles. The number of methoxy groups -OCH3 is 1. The number of sulfonamides is 1. The lowest BCUT2D eigenvalue weighted by molar-refractivity contribution is -0.120. The zero-order valence-electron chi connectivity index (χ0n) is 18.0. The molecule has 1 N–H and O–H groups in total. The van der Waals surface area contributed by atoms with Crippen LogP contribution in [0.2, 0.25) is 0 Å². The summed E-state index contributed by atoms with van der Waals surface area (Å²) in [5.41, 5.74) is 3.03. The van der Waals surface area contributed by atoms with Crippen molar-refractivity contribution in [3.05, 3.63) is 53.6 Å². The van der Waals surface area contributed by atoms with Crippen molar-refractivity contribution in [3.63, 3.8) is 0 Å². The average molecular weight is 431 g/mol. The summed E-state index contributed by atoms with van der Waals surface area (Å²) in [5.74, 6) is 0.678. The minimum absolute atomic E-state index is 0.0345. The Kier molecular flexibility index (Phi) is 6.83. The molecule has 2 aromatic carbocycles. The Morgan fingerprint density at radius 3 is 2.30 bits per heavy atom. The zero-order chi connectivity index (χ0) is 21.9. The number of rotatable bonds is 6. The third-order valence-electron chi connectivity index (χ3n) is 5.70. The van der Waals surface area contributed by atoms with Gasteiger partial charge in [0.15, 0.2) is 0 Å². The van der Waals surface area contributed by atoms with Crippen LogP contribution in [0.15, 0.2) is 47.4 Å². The summed E-state index contributed by atoms with van der Waals surface area (Å²) >= 11 is 0. The van der Waals surface area contributed by atoms with Gasteiger partial charge in [0, 0.05) is 24.7 Å². The van der Waals surface area contributed by atoms with E-state index >= 15 is 0 Å². The molecule has 3 rings (SSSR count). The first-order chi connectivity index (χ1) is 14.2. The summed E-state index contributed by atoms with van der Waals surface area (Å²) in [6.07, 6.45) is 1.01. The second-order valence-corrected chi connectivity index (χ2v) is 9.97. The van der Waals surface area contributed by atoms with Gasteiger partial charge < -0.3 is 10.1 Å². The standard InChI is InChI=1S/C23H30N2O4S/c1-16(2)21-7-5-6-17(3)22(21)24-23(26)18-12-14-25(15-13-18)30(27,28)20-10-8-19(29-4)9-11-20/h5-11,16,18H,12-15H2,1-4H3,(H,24,26). The van der Waals surface area contributed by atoms with Crippen LogP contribution in [0.1, 0.15) is 43.7 Å². The first kappa shape index (κ1) is 22.3. The Morgan fingerprint density at radius 2 is 1.73 bits per heavy atom. The molecular formula is C23H30N2O4S. The topological polar surface area (TPSA) is 75.7 Å². The van der Waals surface area contributed by atoms with Crippen molar-refractivity contribution in [2.45, 2.75) is 44.4 Å². The Hall–Kier alpha value is -2.38. The molecule has 2 aromatic rings. The number of ether oxygens (including phenoxy) is 1. The van der Waals surface area contributed by atoms with Crippen LogP contribution >= 0.6 is 0 Å². The van der Waals surface area contributed by atoms with E-state index in [1.165, 1.54) is 4.31 Å². The number of hydrogen-bond donors (Lipinski definition) is 1. The largest absolute Gasteiger partial charge is 0.497 e. The molecule has 0 atom stereocenters. The van der Waals surface area contributed by atoms with Crippen LogP contribution in [0.25, 0.3) is 0 Å². The van der Waals surface area contributed by atoms with Crippen molar-refractivity contribution in [2.75, 3.05) is 25.5 Å². The van der Waals surface area contributed by atoms with Crippen molar-refractivity contribution in [1.82, 2.24) is 4.31 Å². The highest BCUT2D eigenvalue weighted by atomic mass is 32.2. The third-order valence-corrected chi connectivity index (χ3v) is 7.61. The van der Waals surface area contributed by atoms with Gasteiger partial charge in [0.25, 0.3) is 0 Å². The predicted octanol–water partition coefficient (Wildman–Crippen LogP) is 4.17. The number of nitrogens with zero attached hydrogens (tertiary/aromatic N) is 1. The number of anilines is 1. The minimum atomic E-state index is -3.57. The zero-order valence-corrected chi connectivity index (χ0v) is 18.8. The van der Waals surface area contributed by atoms with Gasteiger partial charge in [0.2, 0.25) is 15.9 Å². The molecule has 0 radical (unpaired) electrons. The number of hydrogen-bond acceptors (Lipinski definition) is 4.